The molecular weight excluding hydrogens is 202 g/mol. The Morgan fingerprint density at radius 1 is 1.12 bits per heavy atom. The van der Waals surface area contributed by atoms with Gasteiger partial charge in [-0.3, -0.25) is 0 Å². The summed E-state index contributed by atoms with van der Waals surface area (Å²) >= 11 is 0. The molecule has 0 amide bonds. The Labute approximate surface area is 98.9 Å². The van der Waals surface area contributed by atoms with Crippen LogP contribution in [0, 0.1) is 0 Å². The number of ether oxygens (including phenoxy) is 2. The first kappa shape index (κ1) is 12.3. The van der Waals surface area contributed by atoms with Crippen molar-refractivity contribution in [2.45, 2.75) is 63.2 Å². The lowest BCUT2D eigenvalue weighted by Gasteiger charge is -2.30. The summed E-state index contributed by atoms with van der Waals surface area (Å²) in [5, 5.41) is 3.35. The van der Waals surface area contributed by atoms with Crippen LogP contribution in [0.15, 0.2) is 0 Å². The van der Waals surface area contributed by atoms with E-state index in [4.69, 9.17) is 9.47 Å². The van der Waals surface area contributed by atoms with Gasteiger partial charge in [0.15, 0.2) is 0 Å². The van der Waals surface area contributed by atoms with Gasteiger partial charge in [-0.2, -0.15) is 0 Å². The summed E-state index contributed by atoms with van der Waals surface area (Å²) in [6.07, 6.45) is 9.50. The van der Waals surface area contributed by atoms with Crippen molar-refractivity contribution < 1.29 is 9.47 Å². The molecule has 1 unspecified atom stereocenters. The Morgan fingerprint density at radius 2 is 1.94 bits per heavy atom. The van der Waals surface area contributed by atoms with Crippen molar-refractivity contribution in [1.29, 1.82) is 0 Å². The molecule has 0 aromatic heterocycles. The average molecular weight is 227 g/mol. The van der Waals surface area contributed by atoms with Gasteiger partial charge in [0.25, 0.3) is 0 Å². The van der Waals surface area contributed by atoms with Crippen LogP contribution in [0.1, 0.15) is 44.9 Å². The molecular formula is C13H25NO2. The highest BCUT2D eigenvalue weighted by Crippen LogP contribution is 2.22. The van der Waals surface area contributed by atoms with Gasteiger partial charge >= 0.3 is 0 Å². The van der Waals surface area contributed by atoms with Gasteiger partial charge in [0.1, 0.15) is 0 Å². The second-order valence-electron chi connectivity index (χ2n) is 5.08. The molecule has 1 saturated heterocycles. The first-order chi connectivity index (χ1) is 7.88. The van der Waals surface area contributed by atoms with Crippen LogP contribution in [0.3, 0.4) is 0 Å². The monoisotopic (exact) mass is 227 g/mol. The maximum absolute atomic E-state index is 5.96. The predicted octanol–water partition coefficient (Wildman–Crippen LogP) is 2.10. The number of hydrogen-bond donors (Lipinski definition) is 1. The highest BCUT2D eigenvalue weighted by molar-refractivity contribution is 4.76. The molecule has 94 valence electrons. The van der Waals surface area contributed by atoms with E-state index in [2.05, 4.69) is 12.4 Å². The lowest BCUT2D eigenvalue weighted by molar-refractivity contribution is -0.0712. The summed E-state index contributed by atoms with van der Waals surface area (Å²) in [5.74, 6) is 0. The maximum atomic E-state index is 5.96. The summed E-state index contributed by atoms with van der Waals surface area (Å²) in [6.45, 7) is 1.75. The molecule has 0 spiro atoms. The number of rotatable bonds is 4. The van der Waals surface area contributed by atoms with Crippen molar-refractivity contribution in [2.75, 3.05) is 20.3 Å². The van der Waals surface area contributed by atoms with Crippen LogP contribution < -0.4 is 5.32 Å². The second-order valence-corrected chi connectivity index (χ2v) is 5.08. The SMILES string of the molecule is CNC1CCC(OCC2CCCCO2)CC1. The third-order valence-corrected chi connectivity index (χ3v) is 3.87. The molecule has 16 heavy (non-hydrogen) atoms. The molecule has 0 radical (unpaired) electrons. The van der Waals surface area contributed by atoms with E-state index in [1.165, 1.54) is 44.9 Å². The van der Waals surface area contributed by atoms with E-state index >= 15 is 0 Å². The van der Waals surface area contributed by atoms with E-state index in [-0.39, 0.29) is 0 Å². The van der Waals surface area contributed by atoms with Gasteiger partial charge in [-0.15, -0.1) is 0 Å². The molecule has 0 aromatic carbocycles. The van der Waals surface area contributed by atoms with E-state index in [0.29, 0.717) is 18.2 Å². The molecule has 1 atom stereocenters. The van der Waals surface area contributed by atoms with Gasteiger partial charge in [0.2, 0.25) is 0 Å². The van der Waals surface area contributed by atoms with E-state index in [0.717, 1.165) is 13.2 Å². The van der Waals surface area contributed by atoms with Crippen molar-refractivity contribution in [3.05, 3.63) is 0 Å². The second kappa shape index (κ2) is 6.58. The third kappa shape index (κ3) is 3.72. The van der Waals surface area contributed by atoms with Crippen molar-refractivity contribution in [3.8, 4) is 0 Å². The molecule has 2 fully saturated rings. The fraction of sp³-hybridized carbons (Fsp3) is 1.00. The minimum atomic E-state index is 0.371. The van der Waals surface area contributed by atoms with Crippen LogP contribution in [0.2, 0.25) is 0 Å². The fourth-order valence-corrected chi connectivity index (χ4v) is 2.70. The molecule has 1 saturated carbocycles. The van der Waals surface area contributed by atoms with Gasteiger partial charge in [-0.1, -0.05) is 0 Å². The molecule has 1 aliphatic heterocycles. The quantitative estimate of drug-likeness (QED) is 0.798. The predicted molar refractivity (Wildman–Crippen MR) is 64.6 cm³/mol. The van der Waals surface area contributed by atoms with Crippen molar-refractivity contribution in [1.82, 2.24) is 5.32 Å². The van der Waals surface area contributed by atoms with Crippen molar-refractivity contribution in [3.63, 3.8) is 0 Å². The summed E-state index contributed by atoms with van der Waals surface area (Å²) in [6, 6.07) is 0.714. The molecule has 3 nitrogen and oxygen atoms in total. The van der Waals surface area contributed by atoms with Gasteiger partial charge in [0.05, 0.1) is 18.8 Å². The maximum Gasteiger partial charge on any atom is 0.0808 e. The first-order valence-corrected chi connectivity index (χ1v) is 6.79. The molecule has 0 aromatic rings. The zero-order valence-corrected chi connectivity index (χ0v) is 10.4. The lowest BCUT2D eigenvalue weighted by Crippen LogP contribution is -2.34. The first-order valence-electron chi connectivity index (χ1n) is 6.79. The van der Waals surface area contributed by atoms with Crippen LogP contribution in [0.5, 0.6) is 0 Å². The Hall–Kier alpha value is -0.120. The molecule has 3 heteroatoms. The van der Waals surface area contributed by atoms with E-state index in [9.17, 15) is 0 Å². The van der Waals surface area contributed by atoms with Crippen molar-refractivity contribution >= 4 is 0 Å². The Balaban J connectivity index is 1.59. The zero-order valence-electron chi connectivity index (χ0n) is 10.4. The Morgan fingerprint density at radius 3 is 2.56 bits per heavy atom. The Kier molecular flexibility index (Phi) is 5.07. The van der Waals surface area contributed by atoms with Gasteiger partial charge < -0.3 is 14.8 Å². The van der Waals surface area contributed by atoms with E-state index in [1.54, 1.807) is 0 Å². The lowest BCUT2D eigenvalue weighted by atomic mass is 9.93. The zero-order chi connectivity index (χ0) is 11.2. The number of hydrogen-bond acceptors (Lipinski definition) is 3. The highest BCUT2D eigenvalue weighted by Gasteiger charge is 2.22. The van der Waals surface area contributed by atoms with Crippen LogP contribution in [0.25, 0.3) is 0 Å². The average Bonchev–Trinajstić information content (AvgIpc) is 2.38. The van der Waals surface area contributed by atoms with E-state index in [1.807, 2.05) is 0 Å². The molecule has 1 heterocycles. The summed E-state index contributed by atoms with van der Waals surface area (Å²) < 4.78 is 11.6. The third-order valence-electron chi connectivity index (χ3n) is 3.87. The molecule has 1 N–H and O–H groups in total. The minimum Gasteiger partial charge on any atom is -0.376 e. The van der Waals surface area contributed by atoms with E-state index < -0.39 is 0 Å². The molecule has 2 aliphatic rings. The van der Waals surface area contributed by atoms with Gasteiger partial charge in [0, 0.05) is 12.6 Å². The van der Waals surface area contributed by atoms with Crippen LogP contribution >= 0.6 is 0 Å². The normalized spacial score (nSPS) is 36.2. The smallest absolute Gasteiger partial charge is 0.0808 e. The summed E-state index contributed by atoms with van der Waals surface area (Å²) in [5.41, 5.74) is 0. The summed E-state index contributed by atoms with van der Waals surface area (Å²) in [4.78, 5) is 0. The topological polar surface area (TPSA) is 30.5 Å². The van der Waals surface area contributed by atoms with Crippen LogP contribution in [-0.2, 0) is 9.47 Å². The van der Waals surface area contributed by atoms with Crippen LogP contribution in [-0.4, -0.2) is 38.5 Å². The largest absolute Gasteiger partial charge is 0.376 e. The van der Waals surface area contributed by atoms with Crippen LogP contribution in [0.4, 0.5) is 0 Å². The van der Waals surface area contributed by atoms with Gasteiger partial charge in [-0.05, 0) is 52.0 Å². The standard InChI is InChI=1S/C13H25NO2/c1-14-11-5-7-12(8-6-11)16-10-13-4-2-3-9-15-13/h11-14H,2-10H2,1H3. The molecule has 0 bridgehead atoms. The fourth-order valence-electron chi connectivity index (χ4n) is 2.70. The summed E-state index contributed by atoms with van der Waals surface area (Å²) in [7, 11) is 2.06. The highest BCUT2D eigenvalue weighted by atomic mass is 16.5. The molecule has 1 aliphatic carbocycles. The molecule has 2 rings (SSSR count). The number of nitrogens with one attached hydrogen (secondary N) is 1. The van der Waals surface area contributed by atoms with Crippen molar-refractivity contribution in [2.24, 2.45) is 0 Å². The Bertz CT molecular complexity index is 184. The minimum absolute atomic E-state index is 0.371. The van der Waals surface area contributed by atoms with Gasteiger partial charge in [-0.25, -0.2) is 0 Å².